The highest BCUT2D eigenvalue weighted by atomic mass is 35.5. The Morgan fingerprint density at radius 2 is 1.69 bits per heavy atom. The van der Waals surface area contributed by atoms with Gasteiger partial charge in [0, 0.05) is 24.7 Å². The van der Waals surface area contributed by atoms with E-state index in [1.165, 1.54) is 17.3 Å². The first-order valence-corrected chi connectivity index (χ1v) is 12.7. The zero-order valence-corrected chi connectivity index (χ0v) is 20.6. The van der Waals surface area contributed by atoms with Gasteiger partial charge in [-0.3, -0.25) is 9.59 Å². The van der Waals surface area contributed by atoms with Gasteiger partial charge in [-0.25, -0.2) is 8.42 Å². The zero-order valence-electron chi connectivity index (χ0n) is 19.0. The van der Waals surface area contributed by atoms with Crippen LogP contribution in [0, 0.1) is 12.8 Å². The molecule has 0 aliphatic carbocycles. The number of aryl methyl sites for hydroxylation is 1. The number of nitrogens with zero attached hydrogens (tertiary/aromatic N) is 1. The largest absolute Gasteiger partial charge is 0.417 e. The molecule has 35 heavy (non-hydrogen) atoms. The molecule has 2 aromatic carbocycles. The SMILES string of the molecule is Cc1ccc(S(=O)(=O)N2CCC(C(=O)NC(C)C(=O)Nc3ccc(Cl)c(C(F)(F)F)c3)CC2)cc1. The molecule has 1 saturated heterocycles. The summed E-state index contributed by atoms with van der Waals surface area (Å²) in [6.45, 7) is 3.57. The number of sulfonamides is 1. The number of benzene rings is 2. The minimum absolute atomic E-state index is 0.109. The molecule has 1 heterocycles. The maximum absolute atomic E-state index is 13.0. The van der Waals surface area contributed by atoms with Gasteiger partial charge in [-0.1, -0.05) is 29.3 Å². The van der Waals surface area contributed by atoms with Gasteiger partial charge < -0.3 is 10.6 Å². The van der Waals surface area contributed by atoms with Gasteiger partial charge >= 0.3 is 6.18 Å². The highest BCUT2D eigenvalue weighted by molar-refractivity contribution is 7.89. The van der Waals surface area contributed by atoms with Gasteiger partial charge in [0.1, 0.15) is 6.04 Å². The summed E-state index contributed by atoms with van der Waals surface area (Å²) < 4.78 is 66.0. The van der Waals surface area contributed by atoms with Gasteiger partial charge in [0.15, 0.2) is 0 Å². The quantitative estimate of drug-likeness (QED) is 0.583. The second-order valence-electron chi connectivity index (χ2n) is 8.40. The van der Waals surface area contributed by atoms with Crippen molar-refractivity contribution in [2.24, 2.45) is 5.92 Å². The molecule has 0 spiro atoms. The fourth-order valence-corrected chi connectivity index (χ4v) is 5.38. The van der Waals surface area contributed by atoms with Gasteiger partial charge in [0.05, 0.1) is 15.5 Å². The molecule has 1 fully saturated rings. The molecular formula is C23H25ClF3N3O4S. The second kappa shape index (κ2) is 10.5. The van der Waals surface area contributed by atoms with Crippen LogP contribution in [0.15, 0.2) is 47.4 Å². The van der Waals surface area contributed by atoms with E-state index >= 15 is 0 Å². The van der Waals surface area contributed by atoms with Crippen LogP contribution in [0.1, 0.15) is 30.9 Å². The van der Waals surface area contributed by atoms with Crippen molar-refractivity contribution in [3.05, 3.63) is 58.6 Å². The summed E-state index contributed by atoms with van der Waals surface area (Å²) in [6.07, 6.45) is -4.13. The molecule has 2 amide bonds. The third-order valence-corrected chi connectivity index (χ3v) is 8.02. The van der Waals surface area contributed by atoms with Crippen LogP contribution < -0.4 is 10.6 Å². The third-order valence-electron chi connectivity index (χ3n) is 5.77. The van der Waals surface area contributed by atoms with Crippen molar-refractivity contribution in [3.8, 4) is 0 Å². The molecule has 1 aliphatic rings. The topological polar surface area (TPSA) is 95.6 Å². The molecule has 0 bridgehead atoms. The van der Waals surface area contributed by atoms with E-state index in [1.54, 1.807) is 24.3 Å². The number of hydrogen-bond donors (Lipinski definition) is 2. The predicted octanol–water partition coefficient (Wildman–Crippen LogP) is 4.21. The van der Waals surface area contributed by atoms with Crippen LogP contribution in [-0.2, 0) is 25.8 Å². The van der Waals surface area contributed by atoms with Crippen molar-refractivity contribution in [2.45, 2.75) is 43.8 Å². The van der Waals surface area contributed by atoms with Crippen LogP contribution >= 0.6 is 11.6 Å². The third kappa shape index (κ3) is 6.53. The molecule has 2 N–H and O–H groups in total. The summed E-state index contributed by atoms with van der Waals surface area (Å²) in [5, 5.41) is 4.40. The van der Waals surface area contributed by atoms with Crippen LogP contribution in [0.4, 0.5) is 18.9 Å². The summed E-state index contributed by atoms with van der Waals surface area (Å²) in [5.41, 5.74) is -0.252. The lowest BCUT2D eigenvalue weighted by Gasteiger charge is -2.31. The van der Waals surface area contributed by atoms with Crippen LogP contribution in [0.2, 0.25) is 5.02 Å². The molecule has 190 valence electrons. The number of nitrogens with one attached hydrogen (secondary N) is 2. The monoisotopic (exact) mass is 531 g/mol. The molecule has 2 aromatic rings. The van der Waals surface area contributed by atoms with Gasteiger partial charge in [-0.2, -0.15) is 17.5 Å². The van der Waals surface area contributed by atoms with Gasteiger partial charge in [-0.05, 0) is 57.0 Å². The van der Waals surface area contributed by atoms with E-state index in [9.17, 15) is 31.2 Å². The summed E-state index contributed by atoms with van der Waals surface area (Å²) in [4.78, 5) is 25.2. The fourth-order valence-electron chi connectivity index (χ4n) is 3.69. The zero-order chi connectivity index (χ0) is 26.0. The van der Waals surface area contributed by atoms with Crippen molar-refractivity contribution in [1.29, 1.82) is 0 Å². The van der Waals surface area contributed by atoms with E-state index in [-0.39, 0.29) is 36.5 Å². The standard InChI is InChI=1S/C23H25ClF3N3O4S/c1-14-3-6-18(7-4-14)35(33,34)30-11-9-16(10-12-30)22(32)28-15(2)21(31)29-17-5-8-20(24)19(13-17)23(25,26)27/h3-8,13,15-16H,9-12H2,1-2H3,(H,28,32)(H,29,31). The van der Waals surface area contributed by atoms with E-state index in [0.717, 1.165) is 17.7 Å². The Kier molecular flexibility index (Phi) is 8.13. The number of amides is 2. The van der Waals surface area contributed by atoms with Crippen molar-refractivity contribution in [3.63, 3.8) is 0 Å². The van der Waals surface area contributed by atoms with Crippen LogP contribution in [0.5, 0.6) is 0 Å². The lowest BCUT2D eigenvalue weighted by atomic mass is 9.97. The summed E-state index contributed by atoms with van der Waals surface area (Å²) in [6, 6.07) is 8.47. The van der Waals surface area contributed by atoms with Gasteiger partial charge in [-0.15, -0.1) is 0 Å². The number of anilines is 1. The number of carbonyl (C=O) groups excluding carboxylic acids is 2. The molecule has 1 atom stereocenters. The molecule has 3 rings (SSSR count). The molecular weight excluding hydrogens is 507 g/mol. The Morgan fingerprint density at radius 3 is 2.26 bits per heavy atom. The van der Waals surface area contributed by atoms with Gasteiger partial charge in [0.25, 0.3) is 0 Å². The highest BCUT2D eigenvalue weighted by Crippen LogP contribution is 2.36. The smallest absolute Gasteiger partial charge is 0.344 e. The molecule has 1 unspecified atom stereocenters. The maximum atomic E-state index is 13.0. The van der Waals surface area contributed by atoms with Crippen LogP contribution in [0.25, 0.3) is 0 Å². The normalized spacial score (nSPS) is 16.5. The lowest BCUT2D eigenvalue weighted by Crippen LogP contribution is -2.47. The first-order valence-electron chi connectivity index (χ1n) is 10.8. The fraction of sp³-hybridized carbons (Fsp3) is 0.391. The van der Waals surface area contributed by atoms with E-state index in [1.807, 2.05) is 6.92 Å². The van der Waals surface area contributed by atoms with E-state index < -0.39 is 50.6 Å². The van der Waals surface area contributed by atoms with Crippen molar-refractivity contribution in [1.82, 2.24) is 9.62 Å². The summed E-state index contributed by atoms with van der Waals surface area (Å²) in [5.74, 6) is -1.62. The van der Waals surface area contributed by atoms with E-state index in [0.29, 0.717) is 0 Å². The first kappa shape index (κ1) is 27.0. The Balaban J connectivity index is 1.55. The average Bonchev–Trinajstić information content (AvgIpc) is 2.79. The van der Waals surface area contributed by atoms with Crippen LogP contribution in [-0.4, -0.2) is 43.7 Å². The van der Waals surface area contributed by atoms with Crippen molar-refractivity contribution in [2.75, 3.05) is 18.4 Å². The number of piperidine rings is 1. The predicted molar refractivity (Wildman–Crippen MR) is 125 cm³/mol. The van der Waals surface area contributed by atoms with E-state index in [4.69, 9.17) is 11.6 Å². The second-order valence-corrected chi connectivity index (χ2v) is 10.7. The Morgan fingerprint density at radius 1 is 1.09 bits per heavy atom. The van der Waals surface area contributed by atoms with Crippen molar-refractivity contribution < 1.29 is 31.2 Å². The summed E-state index contributed by atoms with van der Waals surface area (Å²) in [7, 11) is -3.67. The highest BCUT2D eigenvalue weighted by Gasteiger charge is 2.34. The number of hydrogen-bond acceptors (Lipinski definition) is 4. The number of alkyl halides is 3. The maximum Gasteiger partial charge on any atom is 0.417 e. The molecule has 12 heteroatoms. The number of halogens is 4. The molecule has 0 saturated carbocycles. The lowest BCUT2D eigenvalue weighted by molar-refractivity contribution is -0.137. The van der Waals surface area contributed by atoms with Crippen LogP contribution in [0.3, 0.4) is 0 Å². The number of rotatable bonds is 6. The summed E-state index contributed by atoms with van der Waals surface area (Å²) >= 11 is 5.58. The number of carbonyl (C=O) groups is 2. The molecule has 0 aromatic heterocycles. The Labute approximate surface area is 206 Å². The Bertz CT molecular complexity index is 1200. The first-order chi connectivity index (χ1) is 16.3. The minimum Gasteiger partial charge on any atom is -0.344 e. The van der Waals surface area contributed by atoms with E-state index in [2.05, 4.69) is 10.6 Å². The molecule has 0 radical (unpaired) electrons. The Hall–Kier alpha value is -2.63. The average molecular weight is 532 g/mol. The van der Waals surface area contributed by atoms with Gasteiger partial charge in [0.2, 0.25) is 21.8 Å². The molecule has 1 aliphatic heterocycles. The minimum atomic E-state index is -4.68. The van der Waals surface area contributed by atoms with Crippen molar-refractivity contribution >= 4 is 39.1 Å². The molecule has 7 nitrogen and oxygen atoms in total.